The molecule has 2 unspecified atom stereocenters. The molecule has 1 aliphatic rings. The molecular formula is C13H13ClO2S. The molecule has 4 heteroatoms. The van der Waals surface area contributed by atoms with Crippen LogP contribution >= 0.6 is 23.4 Å². The molecule has 17 heavy (non-hydrogen) atoms. The van der Waals surface area contributed by atoms with Gasteiger partial charge in [0.2, 0.25) is 0 Å². The molecule has 0 aliphatic carbocycles. The van der Waals surface area contributed by atoms with Crippen LogP contribution < -0.4 is 0 Å². The predicted molar refractivity (Wildman–Crippen MR) is 70.3 cm³/mol. The lowest BCUT2D eigenvalue weighted by atomic mass is 9.90. The summed E-state index contributed by atoms with van der Waals surface area (Å²) in [4.78, 5) is 23.7. The minimum atomic E-state index is -0.665. The quantitative estimate of drug-likeness (QED) is 0.773. The van der Waals surface area contributed by atoms with Gasteiger partial charge in [0, 0.05) is 5.02 Å². The van der Waals surface area contributed by atoms with Gasteiger partial charge in [-0.15, -0.1) is 0 Å². The molecule has 2 nitrogen and oxygen atoms in total. The van der Waals surface area contributed by atoms with Gasteiger partial charge in [0.1, 0.15) is 0 Å². The van der Waals surface area contributed by atoms with Gasteiger partial charge in [-0.1, -0.05) is 41.6 Å². The highest BCUT2D eigenvalue weighted by Gasteiger charge is 2.48. The number of Topliss-reactive ketones (excluding diaryl/α,β-unsaturated/α-hetero) is 1. The fourth-order valence-corrected chi connectivity index (χ4v) is 3.49. The van der Waals surface area contributed by atoms with Crippen LogP contribution in [-0.2, 0) is 16.0 Å². The number of thioether (sulfide) groups is 1. The second kappa shape index (κ2) is 4.46. The Bertz CT molecular complexity index is 486. The Morgan fingerprint density at radius 3 is 2.53 bits per heavy atom. The molecule has 1 heterocycles. The molecule has 2 atom stereocenters. The van der Waals surface area contributed by atoms with E-state index >= 15 is 0 Å². The van der Waals surface area contributed by atoms with Crippen molar-refractivity contribution in [3.63, 3.8) is 0 Å². The Morgan fingerprint density at radius 2 is 2.00 bits per heavy atom. The average Bonchev–Trinajstić information content (AvgIpc) is 2.47. The molecule has 1 fully saturated rings. The summed E-state index contributed by atoms with van der Waals surface area (Å²) < 4.78 is -0.665. The van der Waals surface area contributed by atoms with Gasteiger partial charge in [0.05, 0.1) is 10.7 Å². The van der Waals surface area contributed by atoms with Crippen LogP contribution in [0.4, 0.5) is 0 Å². The van der Waals surface area contributed by atoms with E-state index in [9.17, 15) is 9.59 Å². The number of ketones is 1. The van der Waals surface area contributed by atoms with Crippen molar-refractivity contribution >= 4 is 34.3 Å². The number of benzene rings is 1. The largest absolute Gasteiger partial charge is 0.297 e. The minimum absolute atomic E-state index is 0.00687. The molecule has 1 aromatic carbocycles. The predicted octanol–water partition coefficient (Wildman–Crippen LogP) is 3.12. The summed E-state index contributed by atoms with van der Waals surface area (Å²) >= 11 is 7.22. The summed E-state index contributed by atoms with van der Waals surface area (Å²) in [6, 6.07) is 7.44. The highest BCUT2D eigenvalue weighted by atomic mass is 35.5. The summed E-state index contributed by atoms with van der Waals surface area (Å²) in [6.45, 7) is 3.50. The van der Waals surface area contributed by atoms with Gasteiger partial charge in [-0.3, -0.25) is 9.59 Å². The SMILES string of the molecule is CC1C(=O)SC(C)(Cc2ccccc2Cl)C1=O. The van der Waals surface area contributed by atoms with Crippen LogP contribution in [0.2, 0.25) is 5.02 Å². The summed E-state index contributed by atoms with van der Waals surface area (Å²) in [7, 11) is 0. The van der Waals surface area contributed by atoms with Crippen LogP contribution in [0, 0.1) is 5.92 Å². The number of rotatable bonds is 2. The van der Waals surface area contributed by atoms with Crippen molar-refractivity contribution < 1.29 is 9.59 Å². The Kier molecular flexibility index (Phi) is 3.32. The van der Waals surface area contributed by atoms with Crippen LogP contribution in [-0.4, -0.2) is 15.6 Å². The smallest absolute Gasteiger partial charge is 0.200 e. The molecule has 1 saturated heterocycles. The normalized spacial score (nSPS) is 28.8. The van der Waals surface area contributed by atoms with Crippen LogP contribution in [0.25, 0.3) is 0 Å². The highest BCUT2D eigenvalue weighted by molar-refractivity contribution is 8.16. The van der Waals surface area contributed by atoms with Gasteiger partial charge >= 0.3 is 0 Å². The first-order valence-electron chi connectivity index (χ1n) is 5.44. The second-order valence-electron chi connectivity index (χ2n) is 4.51. The Balaban J connectivity index is 2.28. The molecule has 0 amide bonds. The molecule has 1 aliphatic heterocycles. The number of halogens is 1. The van der Waals surface area contributed by atoms with E-state index in [0.717, 1.165) is 17.3 Å². The maximum atomic E-state index is 12.1. The van der Waals surface area contributed by atoms with E-state index in [2.05, 4.69) is 0 Å². The zero-order valence-electron chi connectivity index (χ0n) is 9.70. The molecule has 0 N–H and O–H groups in total. The minimum Gasteiger partial charge on any atom is -0.297 e. The van der Waals surface area contributed by atoms with E-state index in [4.69, 9.17) is 11.6 Å². The summed E-state index contributed by atoms with van der Waals surface area (Å²) in [5, 5.41) is 0.610. The van der Waals surface area contributed by atoms with Crippen molar-refractivity contribution in [1.29, 1.82) is 0 Å². The first-order valence-corrected chi connectivity index (χ1v) is 6.64. The third kappa shape index (κ3) is 2.26. The van der Waals surface area contributed by atoms with Crippen LogP contribution in [0.3, 0.4) is 0 Å². The van der Waals surface area contributed by atoms with Crippen molar-refractivity contribution in [2.24, 2.45) is 5.92 Å². The van der Waals surface area contributed by atoms with E-state index in [0.29, 0.717) is 11.4 Å². The second-order valence-corrected chi connectivity index (χ2v) is 6.42. The molecule has 0 saturated carbocycles. The van der Waals surface area contributed by atoms with E-state index in [1.807, 2.05) is 25.1 Å². The van der Waals surface area contributed by atoms with Gasteiger partial charge in [0.15, 0.2) is 10.9 Å². The lowest BCUT2D eigenvalue weighted by Gasteiger charge is -2.20. The van der Waals surface area contributed by atoms with Gasteiger partial charge in [-0.25, -0.2) is 0 Å². The topological polar surface area (TPSA) is 34.1 Å². The summed E-state index contributed by atoms with van der Waals surface area (Å²) in [6.07, 6.45) is 0.506. The first kappa shape index (κ1) is 12.7. The van der Waals surface area contributed by atoms with Gasteiger partial charge in [-0.2, -0.15) is 0 Å². The van der Waals surface area contributed by atoms with E-state index in [-0.39, 0.29) is 10.9 Å². The average molecular weight is 269 g/mol. The Hall–Kier alpha value is -0.800. The van der Waals surface area contributed by atoms with Crippen molar-refractivity contribution in [2.45, 2.75) is 25.0 Å². The molecule has 90 valence electrons. The summed E-state index contributed by atoms with van der Waals surface area (Å²) in [5.74, 6) is -0.486. The van der Waals surface area contributed by atoms with Crippen molar-refractivity contribution in [3.8, 4) is 0 Å². The zero-order valence-corrected chi connectivity index (χ0v) is 11.3. The van der Waals surface area contributed by atoms with E-state index < -0.39 is 10.7 Å². The van der Waals surface area contributed by atoms with Crippen molar-refractivity contribution in [2.75, 3.05) is 0 Å². The standard InChI is InChI=1S/C13H13ClO2S/c1-8-11(15)13(2,17-12(8)16)7-9-5-3-4-6-10(9)14/h3-6,8H,7H2,1-2H3. The molecule has 1 aromatic rings. The lowest BCUT2D eigenvalue weighted by molar-refractivity contribution is -0.127. The molecule has 0 spiro atoms. The van der Waals surface area contributed by atoms with Gasteiger partial charge in [-0.05, 0) is 31.9 Å². The Labute approximate surface area is 110 Å². The van der Waals surface area contributed by atoms with Crippen molar-refractivity contribution in [3.05, 3.63) is 34.9 Å². The van der Waals surface area contributed by atoms with Crippen LogP contribution in [0.1, 0.15) is 19.4 Å². The molecule has 0 bridgehead atoms. The fourth-order valence-electron chi connectivity index (χ4n) is 2.05. The number of hydrogen-bond acceptors (Lipinski definition) is 3. The monoisotopic (exact) mass is 268 g/mol. The third-order valence-electron chi connectivity index (χ3n) is 3.08. The zero-order chi connectivity index (χ0) is 12.6. The molecular weight excluding hydrogens is 256 g/mol. The lowest BCUT2D eigenvalue weighted by Crippen LogP contribution is -2.32. The molecule has 2 rings (SSSR count). The molecule has 0 aromatic heterocycles. The fraction of sp³-hybridized carbons (Fsp3) is 0.385. The highest BCUT2D eigenvalue weighted by Crippen LogP contribution is 2.42. The van der Waals surface area contributed by atoms with E-state index in [1.54, 1.807) is 13.0 Å². The molecule has 0 radical (unpaired) electrons. The van der Waals surface area contributed by atoms with Crippen LogP contribution in [0.5, 0.6) is 0 Å². The number of carbonyl (C=O) groups is 2. The first-order chi connectivity index (χ1) is 7.94. The maximum absolute atomic E-state index is 12.1. The number of carbonyl (C=O) groups excluding carboxylic acids is 2. The Morgan fingerprint density at radius 1 is 1.35 bits per heavy atom. The summed E-state index contributed by atoms with van der Waals surface area (Å²) in [5.41, 5.74) is 0.916. The number of hydrogen-bond donors (Lipinski definition) is 0. The third-order valence-corrected chi connectivity index (χ3v) is 4.80. The maximum Gasteiger partial charge on any atom is 0.200 e. The van der Waals surface area contributed by atoms with Crippen LogP contribution in [0.15, 0.2) is 24.3 Å². The van der Waals surface area contributed by atoms with E-state index in [1.165, 1.54) is 0 Å². The van der Waals surface area contributed by atoms with Gasteiger partial charge < -0.3 is 0 Å². The van der Waals surface area contributed by atoms with Crippen molar-refractivity contribution in [1.82, 2.24) is 0 Å². The van der Waals surface area contributed by atoms with Gasteiger partial charge in [0.25, 0.3) is 0 Å².